The van der Waals surface area contributed by atoms with Gasteiger partial charge in [-0.3, -0.25) is 0 Å². The van der Waals surface area contributed by atoms with Crippen LogP contribution in [0.1, 0.15) is 16.7 Å². The minimum absolute atomic E-state index is 0.250. The number of benzene rings is 2. The van der Waals surface area contributed by atoms with E-state index in [0.717, 1.165) is 27.8 Å². The molecule has 0 aromatic heterocycles. The molecule has 0 aliphatic heterocycles. The first-order chi connectivity index (χ1) is 7.97. The van der Waals surface area contributed by atoms with E-state index in [1.165, 1.54) is 0 Å². The third-order valence-corrected chi connectivity index (χ3v) is 2.90. The fourth-order valence-corrected chi connectivity index (χ4v) is 2.06. The van der Waals surface area contributed by atoms with Crippen LogP contribution in [-0.4, -0.2) is 10.2 Å². The normalized spacial score (nSPS) is 10.5. The van der Waals surface area contributed by atoms with Crippen LogP contribution in [0.3, 0.4) is 0 Å². The lowest BCUT2D eigenvalue weighted by molar-refractivity contribution is 0.470. The van der Waals surface area contributed by atoms with Gasteiger partial charge in [0.15, 0.2) is 0 Å². The molecule has 0 atom stereocenters. The van der Waals surface area contributed by atoms with E-state index in [1.54, 1.807) is 18.2 Å². The lowest BCUT2D eigenvalue weighted by Crippen LogP contribution is -1.87. The van der Waals surface area contributed by atoms with Crippen molar-refractivity contribution in [1.29, 1.82) is 0 Å². The summed E-state index contributed by atoms with van der Waals surface area (Å²) in [7, 11) is 0. The van der Waals surface area contributed by atoms with Gasteiger partial charge in [-0.25, -0.2) is 0 Å². The van der Waals surface area contributed by atoms with E-state index >= 15 is 0 Å². The van der Waals surface area contributed by atoms with Crippen molar-refractivity contribution in [2.24, 2.45) is 0 Å². The minimum atomic E-state index is 0.250. The second kappa shape index (κ2) is 4.13. The number of aryl methyl sites for hydroxylation is 2. The van der Waals surface area contributed by atoms with Crippen molar-refractivity contribution in [2.75, 3.05) is 0 Å². The molecule has 2 heteroatoms. The van der Waals surface area contributed by atoms with Crippen LogP contribution in [0.25, 0.3) is 11.1 Å². The van der Waals surface area contributed by atoms with Crippen LogP contribution in [0, 0.1) is 20.8 Å². The summed E-state index contributed by atoms with van der Waals surface area (Å²) in [5, 5.41) is 19.4. The lowest BCUT2D eigenvalue weighted by Gasteiger charge is -2.11. The van der Waals surface area contributed by atoms with Crippen molar-refractivity contribution in [3.8, 4) is 22.6 Å². The van der Waals surface area contributed by atoms with Crippen LogP contribution in [0.2, 0.25) is 0 Å². The van der Waals surface area contributed by atoms with E-state index in [4.69, 9.17) is 0 Å². The van der Waals surface area contributed by atoms with Crippen LogP contribution in [-0.2, 0) is 0 Å². The summed E-state index contributed by atoms with van der Waals surface area (Å²) in [6, 6.07) is 9.20. The molecule has 0 fully saturated rings. The molecule has 0 saturated carbocycles. The highest BCUT2D eigenvalue weighted by molar-refractivity contribution is 5.72. The van der Waals surface area contributed by atoms with E-state index in [2.05, 4.69) is 0 Å². The van der Waals surface area contributed by atoms with Crippen LogP contribution in [0.5, 0.6) is 11.5 Å². The first kappa shape index (κ1) is 11.5. The van der Waals surface area contributed by atoms with Gasteiger partial charge in [0.05, 0.1) is 0 Å². The Hall–Kier alpha value is -1.96. The van der Waals surface area contributed by atoms with Gasteiger partial charge in [-0.15, -0.1) is 0 Å². The number of aromatic hydroxyl groups is 2. The predicted octanol–water partition coefficient (Wildman–Crippen LogP) is 3.69. The highest BCUT2D eigenvalue weighted by atomic mass is 16.3. The highest BCUT2D eigenvalue weighted by Gasteiger charge is 2.08. The molecule has 17 heavy (non-hydrogen) atoms. The van der Waals surface area contributed by atoms with Crippen LogP contribution >= 0.6 is 0 Å². The molecule has 0 heterocycles. The first-order valence-corrected chi connectivity index (χ1v) is 5.58. The molecule has 88 valence electrons. The molecule has 2 aromatic carbocycles. The number of phenols is 2. The SMILES string of the molecule is Cc1cc(O)cc(-c2cc(C)cc(O)c2C)c1. The van der Waals surface area contributed by atoms with Crippen molar-refractivity contribution in [3.63, 3.8) is 0 Å². The van der Waals surface area contributed by atoms with E-state index in [9.17, 15) is 10.2 Å². The summed E-state index contributed by atoms with van der Waals surface area (Å²) in [6.45, 7) is 5.76. The Kier molecular flexibility index (Phi) is 2.80. The van der Waals surface area contributed by atoms with E-state index < -0.39 is 0 Å². The molecule has 0 aliphatic rings. The molecule has 0 spiro atoms. The maximum absolute atomic E-state index is 9.82. The Morgan fingerprint density at radius 2 is 1.41 bits per heavy atom. The molecular formula is C15H16O2. The molecule has 0 aliphatic carbocycles. The average Bonchev–Trinajstić information content (AvgIpc) is 2.22. The fraction of sp³-hybridized carbons (Fsp3) is 0.200. The van der Waals surface area contributed by atoms with Crippen molar-refractivity contribution in [3.05, 3.63) is 47.0 Å². The van der Waals surface area contributed by atoms with E-state index in [1.807, 2.05) is 32.9 Å². The largest absolute Gasteiger partial charge is 0.508 e. The summed E-state index contributed by atoms with van der Waals surface area (Å²) < 4.78 is 0. The standard InChI is InChI=1S/C15H16O2/c1-9-4-12(8-13(16)5-9)14-6-10(2)7-15(17)11(14)3/h4-8,16-17H,1-3H3. The Balaban J connectivity index is 2.67. The summed E-state index contributed by atoms with van der Waals surface area (Å²) in [5.74, 6) is 0.543. The third-order valence-electron chi connectivity index (χ3n) is 2.90. The molecule has 2 aromatic rings. The van der Waals surface area contributed by atoms with Gasteiger partial charge in [0, 0.05) is 0 Å². The Morgan fingerprint density at radius 3 is 2.06 bits per heavy atom. The second-order valence-electron chi connectivity index (χ2n) is 4.51. The maximum Gasteiger partial charge on any atom is 0.119 e. The van der Waals surface area contributed by atoms with Gasteiger partial charge in [-0.1, -0.05) is 12.1 Å². The monoisotopic (exact) mass is 228 g/mol. The van der Waals surface area contributed by atoms with Crippen molar-refractivity contribution >= 4 is 0 Å². The zero-order chi connectivity index (χ0) is 12.6. The predicted molar refractivity (Wildman–Crippen MR) is 69.4 cm³/mol. The summed E-state index contributed by atoms with van der Waals surface area (Å²) >= 11 is 0. The Labute approximate surface area is 101 Å². The molecule has 2 nitrogen and oxygen atoms in total. The summed E-state index contributed by atoms with van der Waals surface area (Å²) in [6.07, 6.45) is 0. The van der Waals surface area contributed by atoms with Crippen LogP contribution in [0.15, 0.2) is 30.3 Å². The molecule has 2 rings (SSSR count). The second-order valence-corrected chi connectivity index (χ2v) is 4.51. The lowest BCUT2D eigenvalue weighted by atomic mass is 9.96. The van der Waals surface area contributed by atoms with Crippen molar-refractivity contribution in [2.45, 2.75) is 20.8 Å². The van der Waals surface area contributed by atoms with Gasteiger partial charge in [-0.05, 0) is 66.8 Å². The van der Waals surface area contributed by atoms with Gasteiger partial charge in [0.2, 0.25) is 0 Å². The summed E-state index contributed by atoms with van der Waals surface area (Å²) in [4.78, 5) is 0. The first-order valence-electron chi connectivity index (χ1n) is 5.58. The third kappa shape index (κ3) is 2.26. The Bertz CT molecular complexity index is 551. The van der Waals surface area contributed by atoms with Crippen LogP contribution < -0.4 is 0 Å². The number of phenolic OH excluding ortho intramolecular Hbond substituents is 2. The molecule has 0 saturated heterocycles. The maximum atomic E-state index is 9.82. The molecule has 0 amide bonds. The molecule has 2 N–H and O–H groups in total. The van der Waals surface area contributed by atoms with E-state index in [0.29, 0.717) is 5.75 Å². The zero-order valence-corrected chi connectivity index (χ0v) is 10.3. The average molecular weight is 228 g/mol. The number of rotatable bonds is 1. The zero-order valence-electron chi connectivity index (χ0n) is 10.3. The number of hydrogen-bond acceptors (Lipinski definition) is 2. The Morgan fingerprint density at radius 1 is 0.765 bits per heavy atom. The molecule has 0 bridgehead atoms. The quantitative estimate of drug-likeness (QED) is 0.781. The molecular weight excluding hydrogens is 212 g/mol. The number of hydrogen-bond donors (Lipinski definition) is 2. The van der Waals surface area contributed by atoms with Gasteiger partial charge in [0.1, 0.15) is 11.5 Å². The molecule has 0 unspecified atom stereocenters. The topological polar surface area (TPSA) is 40.5 Å². The summed E-state index contributed by atoms with van der Waals surface area (Å²) in [5.41, 5.74) is 4.73. The highest BCUT2D eigenvalue weighted by Crippen LogP contribution is 2.33. The molecule has 0 radical (unpaired) electrons. The van der Waals surface area contributed by atoms with Crippen molar-refractivity contribution in [1.82, 2.24) is 0 Å². The van der Waals surface area contributed by atoms with Crippen molar-refractivity contribution < 1.29 is 10.2 Å². The van der Waals surface area contributed by atoms with Crippen LogP contribution in [0.4, 0.5) is 0 Å². The van der Waals surface area contributed by atoms with Gasteiger partial charge in [0.25, 0.3) is 0 Å². The van der Waals surface area contributed by atoms with E-state index in [-0.39, 0.29) is 5.75 Å². The van der Waals surface area contributed by atoms with Gasteiger partial charge < -0.3 is 10.2 Å². The van der Waals surface area contributed by atoms with Gasteiger partial charge in [-0.2, -0.15) is 0 Å². The smallest absolute Gasteiger partial charge is 0.119 e. The fourth-order valence-electron chi connectivity index (χ4n) is 2.06. The van der Waals surface area contributed by atoms with Gasteiger partial charge >= 0.3 is 0 Å². The minimum Gasteiger partial charge on any atom is -0.508 e.